The van der Waals surface area contributed by atoms with Gasteiger partial charge >= 0.3 is 12.1 Å². The molecule has 1 aromatic carbocycles. The second kappa shape index (κ2) is 4.38. The summed E-state index contributed by atoms with van der Waals surface area (Å²) >= 11 is 0. The number of aliphatic carboxylic acids is 1. The van der Waals surface area contributed by atoms with Crippen LogP contribution in [0.15, 0.2) is 30.3 Å². The van der Waals surface area contributed by atoms with E-state index in [4.69, 9.17) is 5.11 Å². The Hall–Kier alpha value is -1.78. The highest BCUT2D eigenvalue weighted by Gasteiger charge is 2.30. The molecule has 0 heterocycles. The quantitative estimate of drug-likeness (QED) is 0.792. The maximum atomic E-state index is 12.4. The summed E-state index contributed by atoms with van der Waals surface area (Å²) in [5.74, 6) is -1.19. The van der Waals surface area contributed by atoms with Gasteiger partial charge in [-0.25, -0.2) is 4.79 Å². The molecule has 0 aromatic heterocycles. The lowest BCUT2D eigenvalue weighted by atomic mass is 10.0. The van der Waals surface area contributed by atoms with Crippen LogP contribution < -0.4 is 0 Å². The highest BCUT2D eigenvalue weighted by Crippen LogP contribution is 2.30. The molecule has 0 saturated carbocycles. The van der Waals surface area contributed by atoms with E-state index in [-0.39, 0.29) is 11.1 Å². The van der Waals surface area contributed by atoms with Gasteiger partial charge in [-0.1, -0.05) is 12.1 Å². The van der Waals surface area contributed by atoms with Crippen molar-refractivity contribution in [3.63, 3.8) is 0 Å². The predicted molar refractivity (Wildman–Crippen MR) is 52.7 cm³/mol. The molecule has 1 rings (SSSR count). The van der Waals surface area contributed by atoms with E-state index in [1.165, 1.54) is 19.1 Å². The molecule has 1 N–H and O–H groups in total. The lowest BCUT2D eigenvalue weighted by Gasteiger charge is -2.08. The molecule has 0 fully saturated rings. The molecule has 0 aliphatic heterocycles. The number of alkyl halides is 3. The second-order valence-electron chi connectivity index (χ2n) is 3.24. The zero-order valence-electron chi connectivity index (χ0n) is 8.38. The summed E-state index contributed by atoms with van der Waals surface area (Å²) in [5.41, 5.74) is -0.265. The van der Waals surface area contributed by atoms with E-state index in [2.05, 4.69) is 0 Å². The zero-order chi connectivity index (χ0) is 12.3. The van der Waals surface area contributed by atoms with Gasteiger partial charge in [0.2, 0.25) is 0 Å². The van der Waals surface area contributed by atoms with E-state index >= 15 is 0 Å². The van der Waals surface area contributed by atoms with Gasteiger partial charge in [-0.3, -0.25) is 0 Å². The summed E-state index contributed by atoms with van der Waals surface area (Å²) in [4.78, 5) is 10.4. The number of rotatable bonds is 2. The molecule has 86 valence electrons. The van der Waals surface area contributed by atoms with Crippen molar-refractivity contribution in [1.29, 1.82) is 0 Å². The normalized spacial score (nSPS) is 12.6. The summed E-state index contributed by atoms with van der Waals surface area (Å²) in [6, 6.07) is 4.55. The van der Waals surface area contributed by atoms with Crippen molar-refractivity contribution >= 4 is 11.5 Å². The van der Waals surface area contributed by atoms with Gasteiger partial charge < -0.3 is 5.11 Å². The van der Waals surface area contributed by atoms with Gasteiger partial charge in [0, 0.05) is 6.08 Å². The third kappa shape index (κ3) is 3.12. The minimum absolute atomic E-state index is 0.247. The van der Waals surface area contributed by atoms with E-state index in [1.54, 1.807) is 0 Å². The predicted octanol–water partition coefficient (Wildman–Crippen LogP) is 3.19. The van der Waals surface area contributed by atoms with Crippen LogP contribution in [0, 0.1) is 0 Å². The molecule has 0 aliphatic rings. The van der Waals surface area contributed by atoms with Gasteiger partial charge in [-0.2, -0.15) is 13.2 Å². The molecule has 5 heteroatoms. The van der Waals surface area contributed by atoms with Crippen LogP contribution in [0.25, 0.3) is 5.57 Å². The van der Waals surface area contributed by atoms with Crippen molar-refractivity contribution in [2.24, 2.45) is 0 Å². The summed E-state index contributed by atoms with van der Waals surface area (Å²) < 4.78 is 37.1. The van der Waals surface area contributed by atoms with Crippen LogP contribution in [-0.2, 0) is 11.0 Å². The van der Waals surface area contributed by atoms with Crippen molar-refractivity contribution in [2.45, 2.75) is 13.1 Å². The number of carbonyl (C=O) groups is 1. The van der Waals surface area contributed by atoms with Crippen LogP contribution in [0.1, 0.15) is 18.1 Å². The third-order valence-electron chi connectivity index (χ3n) is 1.99. The Kier molecular flexibility index (Phi) is 3.37. The molecule has 0 atom stereocenters. The lowest BCUT2D eigenvalue weighted by Crippen LogP contribution is -2.05. The second-order valence-corrected chi connectivity index (χ2v) is 3.24. The summed E-state index contributed by atoms with van der Waals surface area (Å²) in [6.07, 6.45) is -3.55. The van der Waals surface area contributed by atoms with Gasteiger partial charge in [0.25, 0.3) is 0 Å². The number of hydrogen-bond acceptors (Lipinski definition) is 1. The molecule has 16 heavy (non-hydrogen) atoms. The fourth-order valence-electron chi connectivity index (χ4n) is 1.21. The van der Waals surface area contributed by atoms with Crippen molar-refractivity contribution in [2.75, 3.05) is 0 Å². The van der Waals surface area contributed by atoms with Crippen molar-refractivity contribution in [3.8, 4) is 0 Å². The van der Waals surface area contributed by atoms with Crippen molar-refractivity contribution in [3.05, 3.63) is 41.5 Å². The van der Waals surface area contributed by atoms with Crippen molar-refractivity contribution in [1.82, 2.24) is 0 Å². The topological polar surface area (TPSA) is 37.3 Å². The first-order valence-corrected chi connectivity index (χ1v) is 4.39. The maximum absolute atomic E-state index is 12.4. The van der Waals surface area contributed by atoms with Gasteiger partial charge in [-0.15, -0.1) is 0 Å². The average Bonchev–Trinajstić information content (AvgIpc) is 2.15. The van der Waals surface area contributed by atoms with Gasteiger partial charge in [0.15, 0.2) is 0 Å². The van der Waals surface area contributed by atoms with E-state index in [9.17, 15) is 18.0 Å². The molecule has 0 radical (unpaired) electrons. The minimum atomic E-state index is -4.42. The highest BCUT2D eigenvalue weighted by atomic mass is 19.4. The van der Waals surface area contributed by atoms with Crippen LogP contribution in [0.3, 0.4) is 0 Å². The molecule has 2 nitrogen and oxygen atoms in total. The summed E-state index contributed by atoms with van der Waals surface area (Å²) in [5, 5.41) is 8.48. The molecule has 0 aliphatic carbocycles. The molecule has 0 bridgehead atoms. The first-order chi connectivity index (χ1) is 7.30. The number of carboxylic acid groups (broad SMARTS) is 1. The van der Waals surface area contributed by atoms with E-state index in [1.807, 2.05) is 0 Å². The average molecular weight is 230 g/mol. The standard InChI is InChI=1S/C11H9F3O2/c1-7(5-10(15)16)8-3-2-4-9(6-8)11(12,13)14/h2-6H,1H3,(H,15,16). The number of hydrogen-bond donors (Lipinski definition) is 1. The smallest absolute Gasteiger partial charge is 0.416 e. The highest BCUT2D eigenvalue weighted by molar-refractivity contribution is 5.89. The third-order valence-corrected chi connectivity index (χ3v) is 1.99. The Morgan fingerprint density at radius 2 is 2.00 bits per heavy atom. The van der Waals surface area contributed by atoms with Crippen LogP contribution in [0.5, 0.6) is 0 Å². The Morgan fingerprint density at radius 3 is 2.50 bits per heavy atom. The lowest BCUT2D eigenvalue weighted by molar-refractivity contribution is -0.137. The van der Waals surface area contributed by atoms with Crippen LogP contribution in [0.4, 0.5) is 13.2 Å². The number of allylic oxidation sites excluding steroid dienone is 1. The number of halogens is 3. The SMILES string of the molecule is CC(=CC(=O)O)c1cccc(C(F)(F)F)c1. The first-order valence-electron chi connectivity index (χ1n) is 4.39. The molecular formula is C11H9F3O2. The first kappa shape index (κ1) is 12.3. The Labute approximate surface area is 90.0 Å². The summed E-state index contributed by atoms with van der Waals surface area (Å²) in [7, 11) is 0. The van der Waals surface area contributed by atoms with Crippen LogP contribution >= 0.6 is 0 Å². The zero-order valence-corrected chi connectivity index (χ0v) is 8.38. The number of carboxylic acids is 1. The monoisotopic (exact) mass is 230 g/mol. The fraction of sp³-hybridized carbons (Fsp3) is 0.182. The van der Waals surface area contributed by atoms with E-state index in [0.717, 1.165) is 18.2 Å². The van der Waals surface area contributed by atoms with Crippen LogP contribution in [-0.4, -0.2) is 11.1 Å². The molecule has 0 spiro atoms. The maximum Gasteiger partial charge on any atom is 0.416 e. The molecule has 0 saturated heterocycles. The Bertz CT molecular complexity index is 433. The molecule has 0 unspecified atom stereocenters. The summed E-state index contributed by atoms with van der Waals surface area (Å²) in [6.45, 7) is 1.45. The fourth-order valence-corrected chi connectivity index (χ4v) is 1.21. The number of benzene rings is 1. The molecule has 0 amide bonds. The largest absolute Gasteiger partial charge is 0.478 e. The Morgan fingerprint density at radius 1 is 1.38 bits per heavy atom. The van der Waals surface area contributed by atoms with Crippen molar-refractivity contribution < 1.29 is 23.1 Å². The van der Waals surface area contributed by atoms with Gasteiger partial charge in [0.05, 0.1) is 5.56 Å². The van der Waals surface area contributed by atoms with E-state index < -0.39 is 17.7 Å². The molecular weight excluding hydrogens is 221 g/mol. The van der Waals surface area contributed by atoms with Gasteiger partial charge in [0.1, 0.15) is 0 Å². The van der Waals surface area contributed by atoms with E-state index in [0.29, 0.717) is 0 Å². The molecule has 1 aromatic rings. The minimum Gasteiger partial charge on any atom is -0.478 e. The Balaban J connectivity index is 3.13. The van der Waals surface area contributed by atoms with Crippen LogP contribution in [0.2, 0.25) is 0 Å². The van der Waals surface area contributed by atoms with Gasteiger partial charge in [-0.05, 0) is 30.2 Å².